The predicted octanol–water partition coefficient (Wildman–Crippen LogP) is -0.141. The van der Waals surface area contributed by atoms with Crippen LogP contribution >= 0.6 is 19.0 Å². The average Bonchev–Trinajstić information content (AvgIpc) is 3.12. The van der Waals surface area contributed by atoms with Crippen LogP contribution < -0.4 is 49.3 Å². The number of thioether (sulfide) groups is 1. The SMILES string of the molecule is CCOC(=O)C(N)CCC(=O)NC(CSC(=O)CCCC[P+](c1ccccc1)(c1ccccc1)c1ccccc1)C(=O)NCC(=O)OC.[Br-]. The van der Waals surface area contributed by atoms with Gasteiger partial charge >= 0.3 is 11.9 Å². The lowest BCUT2D eigenvalue weighted by Crippen LogP contribution is -3.00. The van der Waals surface area contributed by atoms with Crippen LogP contribution in [0, 0.1) is 0 Å². The molecule has 0 saturated carbocycles. The number of hydrogen-bond acceptors (Lipinski definition) is 9. The number of halogens is 1. The van der Waals surface area contributed by atoms with Crippen LogP contribution in [0.2, 0.25) is 0 Å². The number of hydrogen-bond donors (Lipinski definition) is 3. The van der Waals surface area contributed by atoms with E-state index in [1.807, 2.05) is 18.2 Å². The van der Waals surface area contributed by atoms with Crippen molar-refractivity contribution in [3.05, 3.63) is 91.0 Å². The number of methoxy groups -OCH3 is 1. The van der Waals surface area contributed by atoms with E-state index in [2.05, 4.69) is 88.2 Å². The van der Waals surface area contributed by atoms with Crippen LogP contribution in [0.1, 0.15) is 39.0 Å². The van der Waals surface area contributed by atoms with Gasteiger partial charge in [-0.15, -0.1) is 0 Å². The van der Waals surface area contributed by atoms with Gasteiger partial charge in [0.2, 0.25) is 11.8 Å². The van der Waals surface area contributed by atoms with E-state index in [1.54, 1.807) is 6.92 Å². The Kier molecular flexibility index (Phi) is 18.9. The molecule has 49 heavy (non-hydrogen) atoms. The molecule has 2 atom stereocenters. The lowest BCUT2D eigenvalue weighted by molar-refractivity contribution is -0.145. The molecule has 0 aliphatic heterocycles. The Morgan fingerprint density at radius 3 is 1.84 bits per heavy atom. The predicted molar refractivity (Wildman–Crippen MR) is 192 cm³/mol. The monoisotopic (exact) mass is 773 g/mol. The van der Waals surface area contributed by atoms with Gasteiger partial charge in [0.15, 0.2) is 5.12 Å². The van der Waals surface area contributed by atoms with E-state index >= 15 is 0 Å². The van der Waals surface area contributed by atoms with E-state index in [0.29, 0.717) is 12.8 Å². The molecule has 10 nitrogen and oxygen atoms in total. The van der Waals surface area contributed by atoms with Crippen molar-refractivity contribution in [2.45, 2.75) is 51.1 Å². The van der Waals surface area contributed by atoms with Crippen molar-refractivity contribution in [1.29, 1.82) is 0 Å². The minimum Gasteiger partial charge on any atom is -1.00 e. The number of carbonyl (C=O) groups excluding carboxylic acids is 5. The van der Waals surface area contributed by atoms with Gasteiger partial charge in [0.1, 0.15) is 41.8 Å². The van der Waals surface area contributed by atoms with Gasteiger partial charge in [0.25, 0.3) is 0 Å². The Balaban J connectivity index is 0.00000833. The molecule has 3 rings (SSSR count). The Morgan fingerprint density at radius 1 is 0.816 bits per heavy atom. The maximum absolute atomic E-state index is 13.0. The Morgan fingerprint density at radius 2 is 1.35 bits per heavy atom. The van der Waals surface area contributed by atoms with E-state index in [4.69, 9.17) is 10.5 Å². The third-order valence-electron chi connectivity index (χ3n) is 7.68. The zero-order valence-electron chi connectivity index (χ0n) is 27.8. The molecule has 2 unspecified atom stereocenters. The molecule has 0 aliphatic rings. The van der Waals surface area contributed by atoms with Crippen LogP contribution in [-0.4, -0.2) is 73.1 Å². The van der Waals surface area contributed by atoms with Crippen LogP contribution in [0.25, 0.3) is 0 Å². The molecule has 0 spiro atoms. The minimum absolute atomic E-state index is 0. The molecule has 264 valence electrons. The fraction of sp³-hybridized carbons (Fsp3) is 0.361. The summed E-state index contributed by atoms with van der Waals surface area (Å²) in [6, 6.07) is 29.6. The van der Waals surface area contributed by atoms with E-state index in [1.165, 1.54) is 23.0 Å². The van der Waals surface area contributed by atoms with Gasteiger partial charge in [-0.05, 0) is 62.6 Å². The van der Waals surface area contributed by atoms with Crippen molar-refractivity contribution in [2.75, 3.05) is 32.2 Å². The van der Waals surface area contributed by atoms with Crippen molar-refractivity contribution < 1.29 is 50.4 Å². The first-order valence-electron chi connectivity index (χ1n) is 16.0. The molecule has 3 aromatic rings. The lowest BCUT2D eigenvalue weighted by Gasteiger charge is -2.27. The number of carbonyl (C=O) groups is 5. The Bertz CT molecular complexity index is 1390. The summed E-state index contributed by atoms with van der Waals surface area (Å²) in [4.78, 5) is 61.9. The van der Waals surface area contributed by atoms with E-state index in [0.717, 1.165) is 24.3 Å². The van der Waals surface area contributed by atoms with E-state index in [-0.39, 0.29) is 53.8 Å². The zero-order valence-corrected chi connectivity index (χ0v) is 31.1. The number of amides is 2. The molecule has 0 aromatic heterocycles. The Hall–Kier alpha value is -3.57. The van der Waals surface area contributed by atoms with Crippen LogP contribution in [0.4, 0.5) is 0 Å². The summed E-state index contributed by atoms with van der Waals surface area (Å²) >= 11 is 0.957. The van der Waals surface area contributed by atoms with Crippen molar-refractivity contribution in [2.24, 2.45) is 5.73 Å². The van der Waals surface area contributed by atoms with Gasteiger partial charge in [-0.3, -0.25) is 24.0 Å². The number of nitrogens with two attached hydrogens (primary N) is 1. The minimum atomic E-state index is -2.01. The first kappa shape index (κ1) is 41.6. The van der Waals surface area contributed by atoms with Crippen LogP contribution in [0.3, 0.4) is 0 Å². The van der Waals surface area contributed by atoms with Gasteiger partial charge in [-0.2, -0.15) is 0 Å². The first-order chi connectivity index (χ1) is 23.2. The average molecular weight is 775 g/mol. The maximum Gasteiger partial charge on any atom is 0.325 e. The number of unbranched alkanes of at least 4 members (excludes halogenated alkanes) is 1. The zero-order chi connectivity index (χ0) is 34.8. The summed E-state index contributed by atoms with van der Waals surface area (Å²) in [5.41, 5.74) is 5.79. The highest BCUT2D eigenvalue weighted by atomic mass is 79.9. The molecule has 0 aliphatic carbocycles. The molecule has 13 heteroatoms. The highest BCUT2D eigenvalue weighted by Gasteiger charge is 2.44. The summed E-state index contributed by atoms with van der Waals surface area (Å²) in [6.07, 6.45) is 2.52. The second-order valence-corrected chi connectivity index (χ2v) is 15.7. The topological polar surface area (TPSA) is 154 Å². The fourth-order valence-corrected chi connectivity index (χ4v) is 10.5. The molecule has 0 heterocycles. The number of esters is 2. The standard InChI is InChI=1S/C36H44N3O7PS.BrH/c1-3-46-36(44)30(37)22-23-32(40)39-31(35(43)38-25-33(41)45-2)26-48-34(42)21-13-14-24-47(27-15-7-4-8-16-27,28-17-9-5-10-18-28)29-19-11-6-12-20-29;/h4-12,15-20,30-31H,3,13-14,21-26,37H2,1-2H3,(H-,38,39,40,43);1H. The summed E-state index contributed by atoms with van der Waals surface area (Å²) in [5.74, 6) is -2.46. The van der Waals surface area contributed by atoms with Crippen LogP contribution in [0.5, 0.6) is 0 Å². The quantitative estimate of drug-likeness (QED) is 0.0859. The van der Waals surface area contributed by atoms with Crippen molar-refractivity contribution >= 4 is 63.8 Å². The van der Waals surface area contributed by atoms with E-state index in [9.17, 15) is 24.0 Å². The molecular weight excluding hydrogens is 729 g/mol. The Labute approximate surface area is 303 Å². The molecule has 3 aromatic carbocycles. The molecule has 2 amide bonds. The van der Waals surface area contributed by atoms with Crippen LogP contribution in [0.15, 0.2) is 91.0 Å². The lowest BCUT2D eigenvalue weighted by atomic mass is 10.1. The smallest absolute Gasteiger partial charge is 0.325 e. The second-order valence-electron chi connectivity index (χ2n) is 11.0. The highest BCUT2D eigenvalue weighted by Crippen LogP contribution is 2.56. The van der Waals surface area contributed by atoms with Crippen molar-refractivity contribution in [3.8, 4) is 0 Å². The molecule has 0 fully saturated rings. The number of nitrogens with one attached hydrogen (secondary N) is 2. The second kappa shape index (κ2) is 22.2. The molecular formula is C36H45BrN3O7PS. The van der Waals surface area contributed by atoms with Gasteiger partial charge < -0.3 is 42.8 Å². The van der Waals surface area contributed by atoms with Gasteiger partial charge in [-0.1, -0.05) is 66.4 Å². The fourth-order valence-electron chi connectivity index (χ4n) is 5.21. The summed E-state index contributed by atoms with van der Waals surface area (Å²) in [6.45, 7) is 1.44. The molecule has 0 saturated heterocycles. The van der Waals surface area contributed by atoms with E-state index < -0.39 is 43.1 Å². The number of ether oxygens (including phenoxy) is 2. The highest BCUT2D eigenvalue weighted by molar-refractivity contribution is 8.13. The maximum atomic E-state index is 13.0. The summed E-state index contributed by atoms with van der Waals surface area (Å²) in [7, 11) is -0.815. The molecule has 0 bridgehead atoms. The summed E-state index contributed by atoms with van der Waals surface area (Å²) in [5, 5.41) is 8.76. The molecule has 4 N–H and O–H groups in total. The number of benzene rings is 3. The van der Waals surface area contributed by atoms with Gasteiger partial charge in [-0.25, -0.2) is 0 Å². The van der Waals surface area contributed by atoms with Gasteiger partial charge in [0.05, 0.1) is 19.9 Å². The van der Waals surface area contributed by atoms with Crippen molar-refractivity contribution in [3.63, 3.8) is 0 Å². The first-order valence-corrected chi connectivity index (χ1v) is 18.9. The van der Waals surface area contributed by atoms with Crippen molar-refractivity contribution in [1.82, 2.24) is 10.6 Å². The largest absolute Gasteiger partial charge is 1.00 e. The third kappa shape index (κ3) is 13.0. The third-order valence-corrected chi connectivity index (χ3v) is 13.2. The molecule has 0 radical (unpaired) electrons. The van der Waals surface area contributed by atoms with Gasteiger partial charge in [0, 0.05) is 18.6 Å². The summed E-state index contributed by atoms with van der Waals surface area (Å²) < 4.78 is 9.44. The normalized spacial score (nSPS) is 12.1. The number of rotatable bonds is 19. The van der Waals surface area contributed by atoms with Crippen LogP contribution in [-0.2, 0) is 33.4 Å².